The molecule has 2 heterocycles. The SMILES string of the molecule is CCCNC(=O)OCC1(c2nc3c(OC)ccc(-c4ccc5c(c4)CCC5=O)n3n2)CC1. The first kappa shape index (κ1) is 20.5. The summed E-state index contributed by atoms with van der Waals surface area (Å²) in [7, 11) is 1.61. The van der Waals surface area contributed by atoms with Crippen molar-refractivity contribution in [2.45, 2.75) is 44.4 Å². The predicted octanol–water partition coefficient (Wildman–Crippen LogP) is 3.70. The number of carbonyl (C=O) groups is 2. The van der Waals surface area contributed by atoms with Gasteiger partial charge in [0.2, 0.25) is 0 Å². The topological polar surface area (TPSA) is 94.8 Å². The van der Waals surface area contributed by atoms with Crippen molar-refractivity contribution in [1.29, 1.82) is 0 Å². The monoisotopic (exact) mass is 434 g/mol. The van der Waals surface area contributed by atoms with Gasteiger partial charge in [0.05, 0.1) is 18.2 Å². The number of nitrogens with one attached hydrogen (secondary N) is 1. The molecule has 2 aliphatic carbocycles. The van der Waals surface area contributed by atoms with Crippen molar-refractivity contribution in [3.8, 4) is 17.0 Å². The highest BCUT2D eigenvalue weighted by molar-refractivity contribution is 6.00. The van der Waals surface area contributed by atoms with E-state index in [1.807, 2.05) is 31.2 Å². The second-order valence-corrected chi connectivity index (χ2v) is 8.54. The van der Waals surface area contributed by atoms with Crippen LogP contribution in [0.1, 0.15) is 54.4 Å². The highest BCUT2D eigenvalue weighted by atomic mass is 16.5. The third-order valence-corrected chi connectivity index (χ3v) is 6.32. The number of ether oxygens (including phenoxy) is 2. The molecule has 1 fully saturated rings. The average Bonchev–Trinajstić information content (AvgIpc) is 3.32. The van der Waals surface area contributed by atoms with Crippen LogP contribution in [0.4, 0.5) is 4.79 Å². The van der Waals surface area contributed by atoms with Gasteiger partial charge in [-0.15, -0.1) is 5.10 Å². The van der Waals surface area contributed by atoms with Crippen LogP contribution in [-0.2, 0) is 16.6 Å². The quantitative estimate of drug-likeness (QED) is 0.609. The van der Waals surface area contributed by atoms with Gasteiger partial charge in [-0.25, -0.2) is 14.3 Å². The van der Waals surface area contributed by atoms with Gasteiger partial charge < -0.3 is 14.8 Å². The van der Waals surface area contributed by atoms with Crippen LogP contribution in [0.2, 0.25) is 0 Å². The van der Waals surface area contributed by atoms with Crippen LogP contribution in [0.3, 0.4) is 0 Å². The van der Waals surface area contributed by atoms with E-state index >= 15 is 0 Å². The van der Waals surface area contributed by atoms with Crippen LogP contribution >= 0.6 is 0 Å². The van der Waals surface area contributed by atoms with Crippen LogP contribution in [0.5, 0.6) is 5.75 Å². The number of aromatic nitrogens is 3. The zero-order chi connectivity index (χ0) is 22.3. The summed E-state index contributed by atoms with van der Waals surface area (Å²) in [4.78, 5) is 28.7. The Morgan fingerprint density at radius 2 is 2.06 bits per heavy atom. The predicted molar refractivity (Wildman–Crippen MR) is 118 cm³/mol. The van der Waals surface area contributed by atoms with Crippen LogP contribution in [0.15, 0.2) is 30.3 Å². The van der Waals surface area contributed by atoms with E-state index in [1.165, 1.54) is 0 Å². The fourth-order valence-electron chi connectivity index (χ4n) is 4.22. The Hall–Kier alpha value is -3.42. The van der Waals surface area contributed by atoms with Gasteiger partial charge >= 0.3 is 6.09 Å². The molecule has 2 aromatic heterocycles. The van der Waals surface area contributed by atoms with Crippen LogP contribution < -0.4 is 10.1 Å². The van der Waals surface area contributed by atoms with E-state index in [0.29, 0.717) is 30.2 Å². The zero-order valence-corrected chi connectivity index (χ0v) is 18.3. The maximum absolute atomic E-state index is 12.0. The second-order valence-electron chi connectivity index (χ2n) is 8.54. The molecule has 0 radical (unpaired) electrons. The number of ketones is 1. The minimum absolute atomic E-state index is 0.202. The number of hydrogen-bond acceptors (Lipinski definition) is 6. The average molecular weight is 434 g/mol. The Morgan fingerprint density at radius 1 is 1.22 bits per heavy atom. The summed E-state index contributed by atoms with van der Waals surface area (Å²) < 4.78 is 12.8. The lowest BCUT2D eigenvalue weighted by Crippen LogP contribution is -2.29. The number of nitrogens with zero attached hydrogens (tertiary/aromatic N) is 3. The molecule has 32 heavy (non-hydrogen) atoms. The maximum Gasteiger partial charge on any atom is 0.407 e. The Bertz CT molecular complexity index is 1210. The van der Waals surface area contributed by atoms with Gasteiger partial charge in [0, 0.05) is 24.1 Å². The number of carbonyl (C=O) groups excluding carboxylic acids is 2. The van der Waals surface area contributed by atoms with Gasteiger partial charge in [0.1, 0.15) is 6.61 Å². The van der Waals surface area contributed by atoms with Crippen molar-refractivity contribution in [3.63, 3.8) is 0 Å². The molecular weight excluding hydrogens is 408 g/mol. The van der Waals surface area contributed by atoms with Crippen molar-refractivity contribution in [1.82, 2.24) is 19.9 Å². The number of fused-ring (bicyclic) bond motifs is 2. The van der Waals surface area contributed by atoms with Crippen molar-refractivity contribution in [3.05, 3.63) is 47.3 Å². The smallest absolute Gasteiger partial charge is 0.407 e. The zero-order valence-electron chi connectivity index (χ0n) is 18.3. The van der Waals surface area contributed by atoms with E-state index in [4.69, 9.17) is 19.6 Å². The van der Waals surface area contributed by atoms with E-state index < -0.39 is 6.09 Å². The van der Waals surface area contributed by atoms with Crippen LogP contribution in [0, 0.1) is 0 Å². The molecule has 0 unspecified atom stereocenters. The lowest BCUT2D eigenvalue weighted by Gasteiger charge is -2.12. The number of hydrogen-bond donors (Lipinski definition) is 1. The highest BCUT2D eigenvalue weighted by Crippen LogP contribution is 2.47. The number of pyridine rings is 1. The molecule has 2 aliphatic rings. The third-order valence-electron chi connectivity index (χ3n) is 6.32. The van der Waals surface area contributed by atoms with Gasteiger partial charge in [-0.1, -0.05) is 19.1 Å². The van der Waals surface area contributed by atoms with E-state index in [2.05, 4.69) is 11.4 Å². The molecule has 8 heteroatoms. The molecular formula is C24H26N4O4. The first-order valence-electron chi connectivity index (χ1n) is 11.1. The number of rotatable bonds is 7. The van der Waals surface area contributed by atoms with Gasteiger partial charge in [-0.3, -0.25) is 4.79 Å². The third kappa shape index (κ3) is 3.49. The molecule has 0 spiro atoms. The van der Waals surface area contributed by atoms with Crippen molar-refractivity contribution >= 4 is 17.5 Å². The summed E-state index contributed by atoms with van der Waals surface area (Å²) >= 11 is 0. The Morgan fingerprint density at radius 3 is 2.81 bits per heavy atom. The maximum atomic E-state index is 12.0. The number of methoxy groups -OCH3 is 1. The molecule has 1 amide bonds. The number of Topliss-reactive ketones (excluding diaryl/α,β-unsaturated/α-hetero) is 1. The lowest BCUT2D eigenvalue weighted by atomic mass is 10.0. The molecule has 0 atom stereocenters. The summed E-state index contributed by atoms with van der Waals surface area (Å²) in [6.07, 6.45) is 3.51. The molecule has 0 aliphatic heterocycles. The fraction of sp³-hybridized carbons (Fsp3) is 0.417. The molecule has 1 saturated carbocycles. The van der Waals surface area contributed by atoms with Crippen molar-refractivity contribution < 1.29 is 19.1 Å². The molecule has 5 rings (SSSR count). The first-order valence-corrected chi connectivity index (χ1v) is 11.1. The van der Waals surface area contributed by atoms with E-state index in [0.717, 1.165) is 48.1 Å². The Balaban J connectivity index is 1.49. The van der Waals surface area contributed by atoms with Crippen molar-refractivity contribution in [2.24, 2.45) is 0 Å². The van der Waals surface area contributed by atoms with E-state index in [-0.39, 0.29) is 17.8 Å². The number of benzene rings is 1. The number of alkyl carbamates (subject to hydrolysis) is 1. The van der Waals surface area contributed by atoms with Crippen LogP contribution in [-0.4, -0.2) is 46.7 Å². The molecule has 166 valence electrons. The second kappa shape index (κ2) is 7.93. The fourth-order valence-corrected chi connectivity index (χ4v) is 4.22. The number of amides is 1. The molecule has 1 aromatic carbocycles. The molecule has 0 saturated heterocycles. The minimum atomic E-state index is -0.409. The summed E-state index contributed by atoms with van der Waals surface area (Å²) in [6, 6.07) is 9.77. The van der Waals surface area contributed by atoms with Crippen molar-refractivity contribution in [2.75, 3.05) is 20.3 Å². The lowest BCUT2D eigenvalue weighted by molar-refractivity contribution is 0.0994. The number of aryl methyl sites for hydroxylation is 1. The molecule has 1 N–H and O–H groups in total. The summed E-state index contributed by atoms with van der Waals surface area (Å²) in [6.45, 7) is 2.83. The van der Waals surface area contributed by atoms with Gasteiger partial charge in [-0.05, 0) is 49.4 Å². The Labute approximate surface area is 185 Å². The summed E-state index contributed by atoms with van der Waals surface area (Å²) in [5.41, 5.74) is 4.00. The van der Waals surface area contributed by atoms with E-state index in [9.17, 15) is 9.59 Å². The van der Waals surface area contributed by atoms with Gasteiger partial charge in [0.15, 0.2) is 23.0 Å². The summed E-state index contributed by atoms with van der Waals surface area (Å²) in [5, 5.41) is 7.56. The van der Waals surface area contributed by atoms with Gasteiger partial charge in [0.25, 0.3) is 0 Å². The molecule has 3 aromatic rings. The Kier molecular flexibility index (Phi) is 5.07. The van der Waals surface area contributed by atoms with E-state index in [1.54, 1.807) is 11.6 Å². The minimum Gasteiger partial charge on any atom is -0.493 e. The highest BCUT2D eigenvalue weighted by Gasteiger charge is 2.49. The molecule has 8 nitrogen and oxygen atoms in total. The largest absolute Gasteiger partial charge is 0.493 e. The normalized spacial score (nSPS) is 16.1. The summed E-state index contributed by atoms with van der Waals surface area (Å²) in [5.74, 6) is 1.48. The van der Waals surface area contributed by atoms with Crippen LogP contribution in [0.25, 0.3) is 16.9 Å². The first-order chi connectivity index (χ1) is 15.5. The molecule has 0 bridgehead atoms. The van der Waals surface area contributed by atoms with Gasteiger partial charge in [-0.2, -0.15) is 0 Å². The standard InChI is InChI=1S/C24H26N4O4/c1-3-12-25-23(30)32-14-24(10-11-24)22-26-21-20(31-2)9-7-18(28(21)27-22)16-4-6-17-15(13-16)5-8-19(17)29/h4,6-7,9,13H,3,5,8,10-12,14H2,1-2H3,(H,25,30).